The minimum Gasteiger partial charge on any atom is -0.508 e. The number of phenolic OH excluding ortho intramolecular Hbond substituents is 1. The highest BCUT2D eigenvalue weighted by Gasteiger charge is 2.28. The Morgan fingerprint density at radius 1 is 1.40 bits per heavy atom. The van der Waals surface area contributed by atoms with Crippen LogP contribution < -0.4 is 0 Å². The lowest BCUT2D eigenvalue weighted by molar-refractivity contribution is -0.148. The van der Waals surface area contributed by atoms with Gasteiger partial charge in [0.1, 0.15) is 5.75 Å². The first-order chi connectivity index (χ1) is 7.16. The first-order valence-corrected chi connectivity index (χ1v) is 4.42. The van der Waals surface area contributed by atoms with Gasteiger partial charge in [0.25, 0.3) is 0 Å². The smallest absolute Gasteiger partial charge is 0.348 e. The van der Waals surface area contributed by atoms with E-state index in [9.17, 15) is 4.79 Å². The van der Waals surface area contributed by atoms with Crippen LogP contribution in [0.1, 0.15) is 12.0 Å². The molecule has 0 saturated carbocycles. The second kappa shape index (κ2) is 3.61. The van der Waals surface area contributed by atoms with Gasteiger partial charge in [0.15, 0.2) is 0 Å². The van der Waals surface area contributed by atoms with Crippen molar-refractivity contribution in [2.24, 2.45) is 5.16 Å². The summed E-state index contributed by atoms with van der Waals surface area (Å²) in [5.41, 5.74) is 1.35. The number of carboxylic acid groups (broad SMARTS) is 1. The normalized spacial score (nSPS) is 19.5. The van der Waals surface area contributed by atoms with Crippen LogP contribution >= 0.6 is 0 Å². The van der Waals surface area contributed by atoms with Crippen LogP contribution in [-0.4, -0.2) is 28.0 Å². The summed E-state index contributed by atoms with van der Waals surface area (Å²) in [6.07, 6.45) is -0.645. The van der Waals surface area contributed by atoms with E-state index in [0.29, 0.717) is 5.71 Å². The molecule has 2 rings (SSSR count). The highest BCUT2D eigenvalue weighted by Crippen LogP contribution is 2.18. The molecule has 15 heavy (non-hydrogen) atoms. The zero-order valence-electron chi connectivity index (χ0n) is 7.75. The average molecular weight is 207 g/mol. The molecule has 78 valence electrons. The van der Waals surface area contributed by atoms with E-state index in [-0.39, 0.29) is 12.2 Å². The number of oxime groups is 1. The summed E-state index contributed by atoms with van der Waals surface area (Å²) in [6, 6.07) is 6.38. The van der Waals surface area contributed by atoms with Gasteiger partial charge in [0.05, 0.1) is 5.71 Å². The summed E-state index contributed by atoms with van der Waals surface area (Å²) < 4.78 is 0. The topological polar surface area (TPSA) is 79.1 Å². The maximum Gasteiger partial charge on any atom is 0.348 e. The Kier molecular flexibility index (Phi) is 2.29. The Morgan fingerprint density at radius 2 is 2.07 bits per heavy atom. The van der Waals surface area contributed by atoms with Crippen LogP contribution in [0.4, 0.5) is 0 Å². The average Bonchev–Trinajstić information content (AvgIpc) is 2.68. The van der Waals surface area contributed by atoms with Gasteiger partial charge in [-0.2, -0.15) is 0 Å². The number of carboxylic acids is 1. The molecule has 0 fully saturated rings. The highest BCUT2D eigenvalue weighted by molar-refractivity contribution is 6.03. The number of phenols is 1. The van der Waals surface area contributed by atoms with Gasteiger partial charge in [-0.05, 0) is 29.8 Å². The second-order valence-corrected chi connectivity index (χ2v) is 3.22. The monoisotopic (exact) mass is 207 g/mol. The third-order valence-corrected chi connectivity index (χ3v) is 2.14. The van der Waals surface area contributed by atoms with Crippen molar-refractivity contribution in [3.8, 4) is 5.75 Å². The van der Waals surface area contributed by atoms with Gasteiger partial charge in [-0.1, -0.05) is 5.16 Å². The number of hydrogen-bond acceptors (Lipinski definition) is 4. The Bertz CT molecular complexity index is 410. The number of carbonyl (C=O) groups is 1. The summed E-state index contributed by atoms with van der Waals surface area (Å²) in [6.45, 7) is 0. The third kappa shape index (κ3) is 1.90. The van der Waals surface area contributed by atoms with Crippen LogP contribution in [0, 0.1) is 0 Å². The standard InChI is InChI=1S/C10H9NO4/c12-7-3-1-6(2-4-7)8-5-9(10(13)14)15-11-8/h1-4,9,12H,5H2,(H,13,14). The van der Waals surface area contributed by atoms with E-state index in [1.807, 2.05) is 0 Å². The van der Waals surface area contributed by atoms with Crippen molar-refractivity contribution < 1.29 is 19.8 Å². The van der Waals surface area contributed by atoms with Crippen LogP contribution in [0.25, 0.3) is 0 Å². The fourth-order valence-corrected chi connectivity index (χ4v) is 1.33. The highest BCUT2D eigenvalue weighted by atomic mass is 16.7. The number of hydrogen-bond donors (Lipinski definition) is 2. The lowest BCUT2D eigenvalue weighted by Crippen LogP contribution is -2.19. The SMILES string of the molecule is O=C(O)C1CC(c2ccc(O)cc2)=NO1. The molecule has 0 aromatic heterocycles. The number of nitrogens with zero attached hydrogens (tertiary/aromatic N) is 1. The minimum absolute atomic E-state index is 0.160. The molecule has 1 heterocycles. The molecule has 0 radical (unpaired) electrons. The Balaban J connectivity index is 2.14. The number of aromatic hydroxyl groups is 1. The molecule has 0 aliphatic carbocycles. The molecule has 2 N–H and O–H groups in total. The summed E-state index contributed by atoms with van der Waals surface area (Å²) in [7, 11) is 0. The van der Waals surface area contributed by atoms with E-state index < -0.39 is 12.1 Å². The molecule has 0 saturated heterocycles. The van der Waals surface area contributed by atoms with Crippen LogP contribution in [0.15, 0.2) is 29.4 Å². The van der Waals surface area contributed by atoms with Gasteiger partial charge >= 0.3 is 5.97 Å². The second-order valence-electron chi connectivity index (χ2n) is 3.22. The summed E-state index contributed by atoms with van der Waals surface area (Å²) >= 11 is 0. The molecule has 1 aliphatic heterocycles. The van der Waals surface area contributed by atoms with Crippen molar-refractivity contribution in [3.63, 3.8) is 0 Å². The van der Waals surface area contributed by atoms with Crippen molar-refractivity contribution in [1.82, 2.24) is 0 Å². The van der Waals surface area contributed by atoms with Gasteiger partial charge in [0, 0.05) is 6.42 Å². The Hall–Kier alpha value is -2.04. The van der Waals surface area contributed by atoms with Gasteiger partial charge in [-0.15, -0.1) is 0 Å². The van der Waals surface area contributed by atoms with Crippen molar-refractivity contribution in [2.75, 3.05) is 0 Å². The fraction of sp³-hybridized carbons (Fsp3) is 0.200. The zero-order chi connectivity index (χ0) is 10.8. The molecule has 1 unspecified atom stereocenters. The molecule has 5 heteroatoms. The molecule has 1 aromatic carbocycles. The van der Waals surface area contributed by atoms with E-state index in [0.717, 1.165) is 5.56 Å². The first-order valence-electron chi connectivity index (χ1n) is 4.42. The van der Waals surface area contributed by atoms with Crippen molar-refractivity contribution in [2.45, 2.75) is 12.5 Å². The Morgan fingerprint density at radius 3 is 2.60 bits per heavy atom. The maximum absolute atomic E-state index is 10.6. The number of rotatable bonds is 2. The number of aliphatic carboxylic acids is 1. The van der Waals surface area contributed by atoms with E-state index in [2.05, 4.69) is 5.16 Å². The lowest BCUT2D eigenvalue weighted by Gasteiger charge is -2.00. The van der Waals surface area contributed by atoms with Crippen LogP contribution in [0.3, 0.4) is 0 Å². The van der Waals surface area contributed by atoms with E-state index in [1.54, 1.807) is 12.1 Å². The van der Waals surface area contributed by atoms with Crippen molar-refractivity contribution >= 4 is 11.7 Å². The molecular formula is C10H9NO4. The summed E-state index contributed by atoms with van der Waals surface area (Å²) in [5, 5.41) is 21.5. The van der Waals surface area contributed by atoms with Crippen molar-refractivity contribution in [1.29, 1.82) is 0 Å². The quantitative estimate of drug-likeness (QED) is 0.757. The lowest BCUT2D eigenvalue weighted by atomic mass is 10.1. The van der Waals surface area contributed by atoms with Gasteiger partial charge < -0.3 is 15.1 Å². The first kappa shape index (κ1) is 9.51. The molecule has 0 amide bonds. The van der Waals surface area contributed by atoms with E-state index in [1.165, 1.54) is 12.1 Å². The van der Waals surface area contributed by atoms with Crippen LogP contribution in [0.5, 0.6) is 5.75 Å². The predicted octanol–water partition coefficient (Wildman–Crippen LogP) is 0.970. The third-order valence-electron chi connectivity index (χ3n) is 2.14. The zero-order valence-corrected chi connectivity index (χ0v) is 7.75. The summed E-state index contributed by atoms with van der Waals surface area (Å²) in [5.74, 6) is -0.861. The summed E-state index contributed by atoms with van der Waals surface area (Å²) in [4.78, 5) is 15.3. The molecule has 1 atom stereocenters. The fourth-order valence-electron chi connectivity index (χ4n) is 1.33. The van der Waals surface area contributed by atoms with Gasteiger partial charge in [0.2, 0.25) is 6.10 Å². The largest absolute Gasteiger partial charge is 0.508 e. The van der Waals surface area contributed by atoms with Gasteiger partial charge in [-0.25, -0.2) is 4.79 Å². The molecule has 5 nitrogen and oxygen atoms in total. The van der Waals surface area contributed by atoms with Crippen LogP contribution in [0.2, 0.25) is 0 Å². The maximum atomic E-state index is 10.6. The van der Waals surface area contributed by atoms with Crippen LogP contribution in [-0.2, 0) is 9.63 Å². The van der Waals surface area contributed by atoms with E-state index in [4.69, 9.17) is 15.1 Å². The van der Waals surface area contributed by atoms with Gasteiger partial charge in [-0.3, -0.25) is 0 Å². The molecule has 0 bridgehead atoms. The Labute approximate surface area is 85.6 Å². The molecule has 1 aliphatic rings. The predicted molar refractivity (Wildman–Crippen MR) is 51.8 cm³/mol. The molecule has 1 aromatic rings. The minimum atomic E-state index is -1.02. The molecule has 0 spiro atoms. The number of benzene rings is 1. The van der Waals surface area contributed by atoms with Crippen molar-refractivity contribution in [3.05, 3.63) is 29.8 Å². The molecular weight excluding hydrogens is 198 g/mol. The van der Waals surface area contributed by atoms with E-state index >= 15 is 0 Å².